The monoisotopic (exact) mass is 424 g/mol. The maximum Gasteiger partial charge on any atom is 0.185 e. The molecular weight excluding hydrogens is 384 g/mol. The maximum absolute atomic E-state index is 11.1. The fraction of sp³-hybridized carbons (Fsp3) is 0.429. The summed E-state index contributed by atoms with van der Waals surface area (Å²) in [5.41, 5.74) is 5.15. The average Bonchev–Trinajstić information content (AvgIpc) is 2.65. The molecule has 3 nitrogen and oxygen atoms in total. The minimum atomic E-state index is -2.13. The van der Waals surface area contributed by atoms with Crippen molar-refractivity contribution >= 4 is 5.57 Å². The number of benzene rings is 1. The van der Waals surface area contributed by atoms with E-state index in [1.807, 2.05) is 13.0 Å². The third-order valence-electron chi connectivity index (χ3n) is 5.89. The second-order valence-corrected chi connectivity index (χ2v) is 8.81. The Morgan fingerprint density at radius 3 is 2.16 bits per heavy atom. The number of hydrogen-bond donors (Lipinski definition) is 3. The summed E-state index contributed by atoms with van der Waals surface area (Å²) in [6, 6.07) is 4.33. The summed E-state index contributed by atoms with van der Waals surface area (Å²) < 4.78 is 0. The van der Waals surface area contributed by atoms with Crippen LogP contribution in [0.2, 0.25) is 0 Å². The van der Waals surface area contributed by atoms with Crippen LogP contribution < -0.4 is 0 Å². The van der Waals surface area contributed by atoms with Crippen LogP contribution in [-0.2, 0) is 6.42 Å². The van der Waals surface area contributed by atoms with Gasteiger partial charge in [0.2, 0.25) is 0 Å². The zero-order chi connectivity index (χ0) is 24.0. The Hall–Kier alpha value is -2.20. The first-order valence-electron chi connectivity index (χ1n) is 10.9. The number of allylic oxidation sites excluding steroid dienone is 7. The molecular formula is C28H40O3. The van der Waals surface area contributed by atoms with Crippen molar-refractivity contribution in [2.24, 2.45) is 5.92 Å². The molecule has 0 saturated carbocycles. The molecule has 31 heavy (non-hydrogen) atoms. The average molecular weight is 425 g/mol. The number of aliphatic hydroxyl groups is 3. The van der Waals surface area contributed by atoms with Crippen LogP contribution in [0.1, 0.15) is 63.8 Å². The number of aryl methyl sites for hydroxylation is 2. The second-order valence-electron chi connectivity index (χ2n) is 8.81. The summed E-state index contributed by atoms with van der Waals surface area (Å²) in [5.74, 6) is -1.79. The lowest BCUT2D eigenvalue weighted by atomic mass is 9.83. The first kappa shape index (κ1) is 26.8. The number of rotatable bonds is 9. The molecule has 0 saturated heterocycles. The summed E-state index contributed by atoms with van der Waals surface area (Å²) >= 11 is 0. The smallest absolute Gasteiger partial charge is 0.185 e. The highest BCUT2D eigenvalue weighted by Gasteiger charge is 2.35. The van der Waals surface area contributed by atoms with E-state index >= 15 is 0 Å². The first-order chi connectivity index (χ1) is 14.3. The molecule has 0 aliphatic rings. The minimum Gasteiger partial charge on any atom is -0.381 e. The van der Waals surface area contributed by atoms with Crippen LogP contribution in [0.4, 0.5) is 0 Å². The van der Waals surface area contributed by atoms with Crippen LogP contribution >= 0.6 is 0 Å². The van der Waals surface area contributed by atoms with Crippen molar-refractivity contribution in [3.05, 3.63) is 88.6 Å². The number of hydrogen-bond acceptors (Lipinski definition) is 3. The van der Waals surface area contributed by atoms with E-state index in [1.165, 1.54) is 29.7 Å². The van der Waals surface area contributed by atoms with Gasteiger partial charge in [-0.05, 0) is 94.7 Å². The molecule has 0 bridgehead atoms. The minimum absolute atomic E-state index is 0.114. The molecule has 3 heteroatoms. The van der Waals surface area contributed by atoms with Crippen LogP contribution in [0.5, 0.6) is 0 Å². The Morgan fingerprint density at radius 1 is 1.10 bits per heavy atom. The lowest BCUT2D eigenvalue weighted by molar-refractivity contribution is -0.128. The largest absolute Gasteiger partial charge is 0.381 e. The molecule has 0 aromatic heterocycles. The summed E-state index contributed by atoms with van der Waals surface area (Å²) in [7, 11) is 0. The fourth-order valence-electron chi connectivity index (χ4n) is 3.89. The molecule has 1 aromatic rings. The van der Waals surface area contributed by atoms with Crippen molar-refractivity contribution in [2.45, 2.75) is 73.2 Å². The lowest BCUT2D eigenvalue weighted by Crippen LogP contribution is -2.39. The predicted molar refractivity (Wildman–Crippen MR) is 133 cm³/mol. The molecule has 0 aliphatic heterocycles. The zero-order valence-corrected chi connectivity index (χ0v) is 20.5. The van der Waals surface area contributed by atoms with E-state index in [4.69, 9.17) is 0 Å². The molecule has 0 heterocycles. The third kappa shape index (κ3) is 7.17. The summed E-state index contributed by atoms with van der Waals surface area (Å²) in [6.07, 6.45) is 12.0. The highest BCUT2D eigenvalue weighted by molar-refractivity contribution is 5.77. The van der Waals surface area contributed by atoms with Crippen LogP contribution in [0.15, 0.2) is 66.3 Å². The van der Waals surface area contributed by atoms with Gasteiger partial charge in [-0.3, -0.25) is 0 Å². The Balaban J connectivity index is 3.59. The van der Waals surface area contributed by atoms with E-state index in [0.29, 0.717) is 5.92 Å². The Morgan fingerprint density at radius 2 is 1.68 bits per heavy atom. The summed E-state index contributed by atoms with van der Waals surface area (Å²) in [4.78, 5) is 0. The normalized spacial score (nSPS) is 17.1. The van der Waals surface area contributed by atoms with Crippen molar-refractivity contribution in [1.82, 2.24) is 0 Å². The van der Waals surface area contributed by atoms with E-state index < -0.39 is 11.4 Å². The molecule has 2 atom stereocenters. The molecule has 1 aromatic carbocycles. The van der Waals surface area contributed by atoms with E-state index in [2.05, 4.69) is 58.6 Å². The van der Waals surface area contributed by atoms with Gasteiger partial charge in [-0.25, -0.2) is 0 Å². The highest BCUT2D eigenvalue weighted by atomic mass is 16.5. The predicted octanol–water partition coefficient (Wildman–Crippen LogP) is 5.97. The molecule has 0 amide bonds. The van der Waals surface area contributed by atoms with E-state index in [-0.39, 0.29) is 5.57 Å². The van der Waals surface area contributed by atoms with Gasteiger partial charge in [-0.2, -0.15) is 0 Å². The second kappa shape index (κ2) is 10.9. The standard InChI is InChI=1S/C28H40O3/c1-10-13-14-19(4)20(5)15-24-16-21(6)22(7)17-25(24)23(11-2)18-27(8,29)26(12-3)28(9,30)31/h10-14,16-18,20,29-31H,2,15H2,1,3-9H3/b13-10-,19-14+,23-18+,26-12+. The zero-order valence-electron chi connectivity index (χ0n) is 20.5. The van der Waals surface area contributed by atoms with Crippen molar-refractivity contribution < 1.29 is 15.3 Å². The van der Waals surface area contributed by atoms with Crippen LogP contribution in [0, 0.1) is 19.8 Å². The molecule has 170 valence electrons. The van der Waals surface area contributed by atoms with Crippen LogP contribution in [0.3, 0.4) is 0 Å². The Labute approximate surface area is 188 Å². The SMILES string of the molecule is C=C/C(=C\C(C)(O)/C(=C\C)C(C)(O)O)c1cc(C)c(C)cc1CC(C)/C(C)=C/C=C\C. The van der Waals surface area contributed by atoms with Crippen molar-refractivity contribution in [1.29, 1.82) is 0 Å². The molecule has 0 fully saturated rings. The molecule has 2 unspecified atom stereocenters. The van der Waals surface area contributed by atoms with Gasteiger partial charge in [0.1, 0.15) is 5.60 Å². The first-order valence-corrected chi connectivity index (χ1v) is 10.9. The molecule has 0 spiro atoms. The van der Waals surface area contributed by atoms with E-state index in [1.54, 1.807) is 26.0 Å². The third-order valence-corrected chi connectivity index (χ3v) is 5.89. The van der Waals surface area contributed by atoms with Gasteiger partial charge in [0.15, 0.2) is 5.79 Å². The molecule has 0 aliphatic carbocycles. The summed E-state index contributed by atoms with van der Waals surface area (Å²) in [5, 5.41) is 31.4. The molecule has 0 radical (unpaired) electrons. The lowest BCUT2D eigenvalue weighted by Gasteiger charge is -2.31. The van der Waals surface area contributed by atoms with Gasteiger partial charge in [0.25, 0.3) is 0 Å². The maximum atomic E-state index is 11.1. The van der Waals surface area contributed by atoms with Gasteiger partial charge in [0, 0.05) is 5.57 Å². The van der Waals surface area contributed by atoms with Crippen molar-refractivity contribution in [3.63, 3.8) is 0 Å². The van der Waals surface area contributed by atoms with Crippen molar-refractivity contribution in [2.75, 3.05) is 0 Å². The highest BCUT2D eigenvalue weighted by Crippen LogP contribution is 2.33. The van der Waals surface area contributed by atoms with Gasteiger partial charge >= 0.3 is 0 Å². The van der Waals surface area contributed by atoms with E-state index in [9.17, 15) is 15.3 Å². The summed E-state index contributed by atoms with van der Waals surface area (Å²) in [6.45, 7) is 19.0. The quantitative estimate of drug-likeness (QED) is 0.260. The van der Waals surface area contributed by atoms with Crippen LogP contribution in [-0.4, -0.2) is 26.7 Å². The molecule has 1 rings (SSSR count). The van der Waals surface area contributed by atoms with Crippen molar-refractivity contribution in [3.8, 4) is 0 Å². The topological polar surface area (TPSA) is 60.7 Å². The Bertz CT molecular complexity index is 903. The van der Waals surface area contributed by atoms with Gasteiger partial charge in [-0.15, -0.1) is 0 Å². The van der Waals surface area contributed by atoms with Crippen LogP contribution in [0.25, 0.3) is 5.57 Å². The van der Waals surface area contributed by atoms with E-state index in [0.717, 1.165) is 23.1 Å². The van der Waals surface area contributed by atoms with Gasteiger partial charge in [-0.1, -0.05) is 61.6 Å². The fourth-order valence-corrected chi connectivity index (χ4v) is 3.89. The Kier molecular flexibility index (Phi) is 9.44. The molecule has 3 N–H and O–H groups in total. The van der Waals surface area contributed by atoms with Gasteiger partial charge in [0.05, 0.1) is 0 Å². The van der Waals surface area contributed by atoms with Gasteiger partial charge < -0.3 is 15.3 Å².